The van der Waals surface area contributed by atoms with Crippen molar-refractivity contribution >= 4 is 40.6 Å². The third-order valence-electron chi connectivity index (χ3n) is 2.36. The van der Waals surface area contributed by atoms with Gasteiger partial charge < -0.3 is 5.32 Å². The van der Waals surface area contributed by atoms with Gasteiger partial charge in [-0.2, -0.15) is 0 Å². The molecule has 7 heteroatoms. The fraction of sp³-hybridized carbons (Fsp3) is 0. The van der Waals surface area contributed by atoms with Crippen LogP contribution in [0.3, 0.4) is 0 Å². The molecule has 3 N–H and O–H groups in total. The summed E-state index contributed by atoms with van der Waals surface area (Å²) in [4.78, 5) is 11.6. The van der Waals surface area contributed by atoms with Gasteiger partial charge in [-0.1, -0.05) is 35.3 Å². The van der Waals surface area contributed by atoms with E-state index in [4.69, 9.17) is 23.2 Å². The van der Waals surface area contributed by atoms with Crippen molar-refractivity contribution in [1.29, 1.82) is 0 Å². The summed E-state index contributed by atoms with van der Waals surface area (Å²) in [6.07, 6.45) is 0. The minimum Gasteiger partial charge on any atom is -0.304 e. The standard InChI is InChI=1S/C13H10Cl2FN3O/c14-8-5-6-11(9(15)7-8)18-19-13(20)17-12-4-2-1-3-10(12)16/h1-7,18H,(H2,17,19,20). The summed E-state index contributed by atoms with van der Waals surface area (Å²) in [5.74, 6) is -0.521. The van der Waals surface area contributed by atoms with Crippen molar-refractivity contribution in [3.05, 3.63) is 58.3 Å². The number of hydrazine groups is 1. The Kier molecular flexibility index (Phi) is 4.65. The summed E-state index contributed by atoms with van der Waals surface area (Å²) >= 11 is 11.7. The van der Waals surface area contributed by atoms with Crippen molar-refractivity contribution in [2.24, 2.45) is 0 Å². The molecule has 0 spiro atoms. The summed E-state index contributed by atoms with van der Waals surface area (Å²) in [6.45, 7) is 0. The average Bonchev–Trinajstić information content (AvgIpc) is 2.40. The quantitative estimate of drug-likeness (QED) is 0.741. The summed E-state index contributed by atoms with van der Waals surface area (Å²) in [5.41, 5.74) is 5.50. The number of urea groups is 1. The van der Waals surface area contributed by atoms with E-state index in [1.54, 1.807) is 18.2 Å². The Balaban J connectivity index is 1.94. The molecule has 20 heavy (non-hydrogen) atoms. The van der Waals surface area contributed by atoms with Crippen LogP contribution in [0.2, 0.25) is 10.0 Å². The Morgan fingerprint density at radius 3 is 2.50 bits per heavy atom. The van der Waals surface area contributed by atoms with Gasteiger partial charge in [0, 0.05) is 5.02 Å². The number of benzene rings is 2. The van der Waals surface area contributed by atoms with E-state index in [0.717, 1.165) is 0 Å². The Hall–Kier alpha value is -1.98. The number of carbonyl (C=O) groups is 1. The van der Waals surface area contributed by atoms with Gasteiger partial charge in [0.15, 0.2) is 0 Å². The maximum absolute atomic E-state index is 13.3. The van der Waals surface area contributed by atoms with Crippen LogP contribution in [-0.2, 0) is 0 Å². The third kappa shape index (κ3) is 3.76. The number of amides is 2. The van der Waals surface area contributed by atoms with Gasteiger partial charge in [-0.05, 0) is 30.3 Å². The highest BCUT2D eigenvalue weighted by Gasteiger charge is 2.06. The minimum atomic E-state index is -0.624. The Morgan fingerprint density at radius 1 is 1.05 bits per heavy atom. The zero-order valence-corrected chi connectivity index (χ0v) is 11.6. The van der Waals surface area contributed by atoms with Crippen LogP contribution in [0.5, 0.6) is 0 Å². The predicted octanol–water partition coefficient (Wildman–Crippen LogP) is 4.28. The van der Waals surface area contributed by atoms with Crippen molar-refractivity contribution in [3.63, 3.8) is 0 Å². The molecule has 0 saturated carbocycles. The van der Waals surface area contributed by atoms with Crippen LogP contribution < -0.4 is 16.2 Å². The number of carbonyl (C=O) groups excluding carboxylic acids is 1. The summed E-state index contributed by atoms with van der Waals surface area (Å²) < 4.78 is 13.3. The van der Waals surface area contributed by atoms with Gasteiger partial charge in [0.05, 0.1) is 16.4 Å². The molecule has 0 aliphatic carbocycles. The number of hydrogen-bond donors (Lipinski definition) is 3. The highest BCUT2D eigenvalue weighted by Crippen LogP contribution is 2.24. The lowest BCUT2D eigenvalue weighted by molar-refractivity contribution is 0.253. The van der Waals surface area contributed by atoms with Crippen LogP contribution in [0, 0.1) is 5.82 Å². The Morgan fingerprint density at radius 2 is 1.80 bits per heavy atom. The number of halogens is 3. The molecule has 0 unspecified atom stereocenters. The fourth-order valence-electron chi connectivity index (χ4n) is 1.43. The largest absolute Gasteiger partial charge is 0.337 e. The molecule has 0 heterocycles. The smallest absolute Gasteiger partial charge is 0.304 e. The van der Waals surface area contributed by atoms with Crippen LogP contribution in [-0.4, -0.2) is 6.03 Å². The molecule has 0 atom stereocenters. The molecule has 2 aromatic rings. The Bertz CT molecular complexity index is 637. The van der Waals surface area contributed by atoms with E-state index in [9.17, 15) is 9.18 Å². The molecule has 0 aromatic heterocycles. The second kappa shape index (κ2) is 6.45. The summed E-state index contributed by atoms with van der Waals surface area (Å²) in [6, 6.07) is 9.97. The molecule has 2 amide bonds. The van der Waals surface area contributed by atoms with Gasteiger partial charge >= 0.3 is 6.03 Å². The van der Waals surface area contributed by atoms with Gasteiger partial charge in [-0.3, -0.25) is 10.9 Å². The number of anilines is 2. The SMILES string of the molecule is O=C(NNc1ccc(Cl)cc1Cl)Nc1ccccc1F. The second-order valence-corrected chi connectivity index (χ2v) is 4.65. The van der Waals surface area contributed by atoms with Crippen molar-refractivity contribution in [2.75, 3.05) is 10.7 Å². The maximum Gasteiger partial charge on any atom is 0.337 e. The molecule has 0 fully saturated rings. The molecule has 0 radical (unpaired) electrons. The molecule has 2 rings (SSSR count). The topological polar surface area (TPSA) is 53.2 Å². The van der Waals surface area contributed by atoms with Crippen molar-refractivity contribution in [1.82, 2.24) is 5.43 Å². The van der Waals surface area contributed by atoms with Gasteiger partial charge in [0.1, 0.15) is 5.82 Å². The lowest BCUT2D eigenvalue weighted by Crippen LogP contribution is -2.33. The third-order valence-corrected chi connectivity index (χ3v) is 2.91. The van der Waals surface area contributed by atoms with Crippen LogP contribution in [0.4, 0.5) is 20.6 Å². The number of nitrogens with one attached hydrogen (secondary N) is 3. The molecule has 0 bridgehead atoms. The van der Waals surface area contributed by atoms with Gasteiger partial charge in [-0.15, -0.1) is 0 Å². The highest BCUT2D eigenvalue weighted by atomic mass is 35.5. The average molecular weight is 314 g/mol. The molecule has 104 valence electrons. The summed E-state index contributed by atoms with van der Waals surface area (Å²) in [7, 11) is 0. The van der Waals surface area contributed by atoms with E-state index in [1.807, 2.05) is 0 Å². The molecule has 0 aliphatic heterocycles. The summed E-state index contributed by atoms with van der Waals surface area (Å²) in [5, 5.41) is 3.19. The van der Waals surface area contributed by atoms with E-state index in [0.29, 0.717) is 15.7 Å². The number of para-hydroxylation sites is 1. The van der Waals surface area contributed by atoms with E-state index >= 15 is 0 Å². The maximum atomic E-state index is 13.3. The van der Waals surface area contributed by atoms with Crippen LogP contribution in [0.25, 0.3) is 0 Å². The van der Waals surface area contributed by atoms with Crippen molar-refractivity contribution < 1.29 is 9.18 Å². The van der Waals surface area contributed by atoms with Crippen molar-refractivity contribution in [2.45, 2.75) is 0 Å². The Labute approximate surface area is 124 Å². The zero-order valence-electron chi connectivity index (χ0n) is 10.1. The van der Waals surface area contributed by atoms with Crippen LogP contribution in [0.1, 0.15) is 0 Å². The lowest BCUT2D eigenvalue weighted by Gasteiger charge is -2.11. The van der Waals surface area contributed by atoms with E-state index in [1.165, 1.54) is 24.3 Å². The van der Waals surface area contributed by atoms with Crippen molar-refractivity contribution in [3.8, 4) is 0 Å². The second-order valence-electron chi connectivity index (χ2n) is 3.81. The first-order valence-electron chi connectivity index (χ1n) is 5.59. The number of hydrogen-bond acceptors (Lipinski definition) is 2. The fourth-order valence-corrected chi connectivity index (χ4v) is 1.89. The molecule has 0 aliphatic rings. The zero-order chi connectivity index (χ0) is 14.5. The first kappa shape index (κ1) is 14.4. The molecule has 0 saturated heterocycles. The van der Waals surface area contributed by atoms with E-state index in [-0.39, 0.29) is 5.69 Å². The lowest BCUT2D eigenvalue weighted by atomic mass is 10.3. The first-order valence-corrected chi connectivity index (χ1v) is 6.34. The van der Waals surface area contributed by atoms with E-state index < -0.39 is 11.8 Å². The highest BCUT2D eigenvalue weighted by molar-refractivity contribution is 6.36. The molecular formula is C13H10Cl2FN3O. The molecular weight excluding hydrogens is 304 g/mol. The van der Waals surface area contributed by atoms with Gasteiger partial charge in [0.25, 0.3) is 0 Å². The number of rotatable bonds is 3. The monoisotopic (exact) mass is 313 g/mol. The van der Waals surface area contributed by atoms with Crippen LogP contribution >= 0.6 is 23.2 Å². The van der Waals surface area contributed by atoms with Gasteiger partial charge in [0.2, 0.25) is 0 Å². The van der Waals surface area contributed by atoms with Crippen LogP contribution in [0.15, 0.2) is 42.5 Å². The van der Waals surface area contributed by atoms with Gasteiger partial charge in [-0.25, -0.2) is 9.18 Å². The first-order chi connectivity index (χ1) is 9.56. The van der Waals surface area contributed by atoms with E-state index in [2.05, 4.69) is 16.2 Å². The molecule has 4 nitrogen and oxygen atoms in total. The normalized spacial score (nSPS) is 9.95. The molecule has 2 aromatic carbocycles. The predicted molar refractivity (Wildman–Crippen MR) is 78.6 cm³/mol. The minimum absolute atomic E-state index is 0.0778.